The lowest BCUT2D eigenvalue weighted by Crippen LogP contribution is -2.33. The lowest BCUT2D eigenvalue weighted by atomic mass is 10.6. The molecule has 3 heteroatoms. The van der Waals surface area contributed by atoms with Crippen LogP contribution < -0.4 is 0 Å². The van der Waals surface area contributed by atoms with Crippen LogP contribution in [0.4, 0.5) is 0 Å². The van der Waals surface area contributed by atoms with Gasteiger partial charge in [-0.15, -0.1) is 0 Å². The van der Waals surface area contributed by atoms with Crippen LogP contribution in [0, 0.1) is 0 Å². The minimum Gasteiger partial charge on any atom is -0.394 e. The lowest BCUT2D eigenvalue weighted by Gasteiger charge is -2.20. The zero-order chi connectivity index (χ0) is 8.62. The maximum atomic E-state index is 4.57. The van der Waals surface area contributed by atoms with Crippen LogP contribution in [0.25, 0.3) is 0 Å². The number of halogens is 1. The van der Waals surface area contributed by atoms with Crippen molar-refractivity contribution in [2.75, 3.05) is 27.7 Å². The predicted octanol–water partition coefficient (Wildman–Crippen LogP) is 2.01. The van der Waals surface area contributed by atoms with Crippen LogP contribution in [0.15, 0.2) is 12.8 Å². The summed E-state index contributed by atoms with van der Waals surface area (Å²) in [5, 5.41) is 0. The van der Waals surface area contributed by atoms with Crippen LogP contribution in [0.5, 0.6) is 0 Å². The Morgan fingerprint density at radius 2 is 1.70 bits per heavy atom. The van der Waals surface area contributed by atoms with Crippen molar-refractivity contribution in [2.45, 2.75) is 6.92 Å². The van der Waals surface area contributed by atoms with Crippen molar-refractivity contribution in [3.63, 3.8) is 0 Å². The smallest absolute Gasteiger partial charge is 0.134 e. The van der Waals surface area contributed by atoms with Gasteiger partial charge >= 0.3 is 0 Å². The van der Waals surface area contributed by atoms with Crippen LogP contribution >= 0.6 is 11.9 Å². The van der Waals surface area contributed by atoms with Crippen molar-refractivity contribution in [2.24, 2.45) is 0 Å². The fourth-order valence-corrected chi connectivity index (χ4v) is 0. The molecule has 2 nitrogen and oxygen atoms in total. The summed E-state index contributed by atoms with van der Waals surface area (Å²) in [6.07, 6.45) is 1.14. The Balaban J connectivity index is 0. The van der Waals surface area contributed by atoms with Gasteiger partial charge in [0.1, 0.15) is 18.1 Å². The Hall–Kier alpha value is -0.210. The molecule has 0 spiro atoms. The van der Waals surface area contributed by atoms with Gasteiger partial charge in [-0.3, -0.25) is 0 Å². The second-order valence-corrected chi connectivity index (χ2v) is 3.04. The molecule has 0 saturated heterocycles. The molecule has 0 radical (unpaired) electrons. The minimum atomic E-state index is 1.07. The summed E-state index contributed by atoms with van der Waals surface area (Å²) in [6, 6.07) is 0. The Labute approximate surface area is 68.8 Å². The van der Waals surface area contributed by atoms with Gasteiger partial charge in [-0.05, 0) is 6.92 Å². The minimum absolute atomic E-state index is 1.07. The van der Waals surface area contributed by atoms with E-state index in [1.807, 2.05) is 0 Å². The molecule has 0 amide bonds. The van der Waals surface area contributed by atoms with Crippen molar-refractivity contribution < 1.29 is 8.77 Å². The molecular weight excluding hydrogens is 150 g/mol. The molecule has 0 aliphatic carbocycles. The molecule has 0 aromatic carbocycles. The van der Waals surface area contributed by atoms with E-state index < -0.39 is 0 Å². The summed E-state index contributed by atoms with van der Waals surface area (Å²) in [7, 11) is 6.54. The van der Waals surface area contributed by atoms with E-state index in [-0.39, 0.29) is 0 Å². The molecular formula is C7H17ClNO+. The largest absolute Gasteiger partial charge is 0.394 e. The Morgan fingerprint density at radius 3 is 1.70 bits per heavy atom. The molecule has 0 unspecified atom stereocenters. The van der Waals surface area contributed by atoms with Gasteiger partial charge in [0.25, 0.3) is 0 Å². The molecule has 0 saturated carbocycles. The van der Waals surface area contributed by atoms with Crippen LogP contribution in [0.1, 0.15) is 6.92 Å². The third-order valence-corrected chi connectivity index (χ3v) is 1.14. The summed E-state index contributed by atoms with van der Waals surface area (Å²) < 4.78 is 4.85. The molecule has 0 aromatic heterocycles. The van der Waals surface area contributed by atoms with Gasteiger partial charge in [0.05, 0.1) is 27.7 Å². The van der Waals surface area contributed by atoms with Crippen LogP contribution in [0.3, 0.4) is 0 Å². The fourth-order valence-electron chi connectivity index (χ4n) is 0. The van der Waals surface area contributed by atoms with E-state index in [9.17, 15) is 0 Å². The fraction of sp³-hybridized carbons (Fsp3) is 0.714. The number of nitrogens with zero attached hydrogens (tertiary/aromatic N) is 1. The standard InChI is InChI=1S/C5H14N.C2H3ClO/c1-5-6(2,3)4;1-2-4-3/h5H2,1-4H3;2H,1H2/q+1;. The number of hydrogen-bond donors (Lipinski definition) is 0. The highest BCUT2D eigenvalue weighted by molar-refractivity contribution is 6.07. The number of quaternary nitrogens is 1. The molecule has 0 aliphatic rings. The number of rotatable bonds is 2. The zero-order valence-electron chi connectivity index (χ0n) is 7.22. The lowest BCUT2D eigenvalue weighted by molar-refractivity contribution is -0.868. The summed E-state index contributed by atoms with van der Waals surface area (Å²) in [5.41, 5.74) is 0. The van der Waals surface area contributed by atoms with Gasteiger partial charge < -0.3 is 8.77 Å². The van der Waals surface area contributed by atoms with Crippen LogP contribution in [-0.2, 0) is 4.29 Å². The molecule has 0 atom stereocenters. The molecule has 0 fully saturated rings. The summed E-state index contributed by atoms with van der Waals surface area (Å²) in [6.45, 7) is 6.51. The quantitative estimate of drug-likeness (QED) is 0.451. The van der Waals surface area contributed by atoms with Gasteiger partial charge in [0.2, 0.25) is 0 Å². The maximum absolute atomic E-state index is 4.57. The maximum Gasteiger partial charge on any atom is 0.134 e. The summed E-state index contributed by atoms with van der Waals surface area (Å²) >= 11 is 4.57. The molecule has 0 aliphatic heterocycles. The van der Waals surface area contributed by atoms with Crippen LogP contribution in [0.2, 0.25) is 0 Å². The van der Waals surface area contributed by atoms with Gasteiger partial charge in [-0.2, -0.15) is 0 Å². The average Bonchev–Trinajstić information content (AvgIpc) is 1.87. The zero-order valence-corrected chi connectivity index (χ0v) is 7.98. The normalized spacial score (nSPS) is 9.30. The van der Waals surface area contributed by atoms with Crippen molar-refractivity contribution >= 4 is 11.9 Å². The summed E-state index contributed by atoms with van der Waals surface area (Å²) in [5.74, 6) is 0. The highest BCUT2D eigenvalue weighted by atomic mass is 35.5. The monoisotopic (exact) mass is 166 g/mol. The van der Waals surface area contributed by atoms with E-state index >= 15 is 0 Å². The van der Waals surface area contributed by atoms with Gasteiger partial charge in [0, 0.05) is 0 Å². The number of hydrogen-bond acceptors (Lipinski definition) is 1. The molecule has 10 heavy (non-hydrogen) atoms. The van der Waals surface area contributed by atoms with Gasteiger partial charge in [-0.25, -0.2) is 0 Å². The molecule has 0 heterocycles. The van der Waals surface area contributed by atoms with E-state index in [1.165, 1.54) is 6.54 Å². The second-order valence-electron chi connectivity index (χ2n) is 2.86. The average molecular weight is 167 g/mol. The molecule has 62 valence electrons. The van der Waals surface area contributed by atoms with Gasteiger partial charge in [-0.1, -0.05) is 6.58 Å². The van der Waals surface area contributed by atoms with Gasteiger partial charge in [0.15, 0.2) is 0 Å². The first-order valence-corrected chi connectivity index (χ1v) is 3.47. The first-order valence-electron chi connectivity index (χ1n) is 3.16. The van der Waals surface area contributed by atoms with E-state index in [0.29, 0.717) is 0 Å². The Bertz CT molecular complexity index is 78.2. The first-order chi connectivity index (χ1) is 4.47. The summed E-state index contributed by atoms with van der Waals surface area (Å²) in [4.78, 5) is 0. The van der Waals surface area contributed by atoms with E-state index in [4.69, 9.17) is 0 Å². The topological polar surface area (TPSA) is 9.23 Å². The SMILES string of the molecule is C=COCl.CC[N+](C)(C)C. The van der Waals surface area contributed by atoms with Crippen molar-refractivity contribution in [3.8, 4) is 0 Å². The van der Waals surface area contributed by atoms with Crippen molar-refractivity contribution in [3.05, 3.63) is 12.8 Å². The van der Waals surface area contributed by atoms with E-state index in [1.54, 1.807) is 0 Å². The highest BCUT2D eigenvalue weighted by Gasteiger charge is 1.97. The second kappa shape index (κ2) is 6.90. The Kier molecular flexibility index (Phi) is 8.61. The molecule has 0 aromatic rings. The molecule has 0 N–H and O–H groups in total. The predicted molar refractivity (Wildman–Crippen MR) is 45.7 cm³/mol. The van der Waals surface area contributed by atoms with Crippen molar-refractivity contribution in [1.29, 1.82) is 0 Å². The van der Waals surface area contributed by atoms with E-state index in [2.05, 4.69) is 50.8 Å². The first kappa shape index (κ1) is 12.5. The molecule has 0 rings (SSSR count). The highest BCUT2D eigenvalue weighted by Crippen LogP contribution is 1.83. The van der Waals surface area contributed by atoms with Crippen molar-refractivity contribution in [1.82, 2.24) is 0 Å². The Morgan fingerprint density at radius 1 is 1.50 bits per heavy atom. The molecule has 0 bridgehead atoms. The van der Waals surface area contributed by atoms with Crippen LogP contribution in [-0.4, -0.2) is 32.2 Å². The third-order valence-electron chi connectivity index (χ3n) is 1.01. The van der Waals surface area contributed by atoms with E-state index in [0.717, 1.165) is 10.7 Å². The third kappa shape index (κ3) is 25.0.